The van der Waals surface area contributed by atoms with E-state index in [1.54, 1.807) is 29.2 Å². The van der Waals surface area contributed by atoms with Gasteiger partial charge >= 0.3 is 0 Å². The summed E-state index contributed by atoms with van der Waals surface area (Å²) in [7, 11) is 0. The summed E-state index contributed by atoms with van der Waals surface area (Å²) in [4.78, 5) is 36.7. The normalized spacial score (nSPS) is 10.2. The van der Waals surface area contributed by atoms with Crippen LogP contribution < -0.4 is 10.2 Å². The van der Waals surface area contributed by atoms with Crippen molar-refractivity contribution in [2.75, 3.05) is 18.0 Å². The van der Waals surface area contributed by atoms with Gasteiger partial charge in [-0.1, -0.05) is 30.3 Å². The summed E-state index contributed by atoms with van der Waals surface area (Å²) in [5.74, 6) is -0.219. The van der Waals surface area contributed by atoms with Gasteiger partial charge in [0.25, 0.3) is 0 Å². The van der Waals surface area contributed by atoms with Gasteiger partial charge in [0, 0.05) is 31.3 Å². The van der Waals surface area contributed by atoms with Crippen LogP contribution >= 0.6 is 0 Å². The molecule has 25 heavy (non-hydrogen) atoms. The minimum atomic E-state index is -0.118. The van der Waals surface area contributed by atoms with E-state index in [0.29, 0.717) is 30.8 Å². The first-order valence-electron chi connectivity index (χ1n) is 8.17. The highest BCUT2D eigenvalue weighted by atomic mass is 16.2. The number of nitrogens with zero attached hydrogens (tertiary/aromatic N) is 1. The van der Waals surface area contributed by atoms with E-state index >= 15 is 0 Å². The quantitative estimate of drug-likeness (QED) is 0.789. The van der Waals surface area contributed by atoms with E-state index in [-0.39, 0.29) is 17.6 Å². The summed E-state index contributed by atoms with van der Waals surface area (Å²) < 4.78 is 0. The Labute approximate surface area is 147 Å². The van der Waals surface area contributed by atoms with Crippen LogP contribution in [0.1, 0.15) is 29.8 Å². The summed E-state index contributed by atoms with van der Waals surface area (Å²) in [6.07, 6.45) is 0.314. The Bertz CT molecular complexity index is 739. The first-order chi connectivity index (χ1) is 12.0. The van der Waals surface area contributed by atoms with E-state index in [1.807, 2.05) is 30.3 Å². The molecule has 0 atom stereocenters. The molecule has 0 fully saturated rings. The number of ketones is 1. The van der Waals surface area contributed by atoms with Gasteiger partial charge in [0.2, 0.25) is 11.8 Å². The van der Waals surface area contributed by atoms with Crippen molar-refractivity contribution in [3.63, 3.8) is 0 Å². The third-order valence-corrected chi connectivity index (χ3v) is 3.83. The van der Waals surface area contributed by atoms with Crippen molar-refractivity contribution in [1.29, 1.82) is 0 Å². The molecule has 0 bridgehead atoms. The average molecular weight is 338 g/mol. The van der Waals surface area contributed by atoms with E-state index in [1.165, 1.54) is 13.8 Å². The number of hydrogen-bond acceptors (Lipinski definition) is 3. The zero-order valence-electron chi connectivity index (χ0n) is 14.5. The second-order valence-electron chi connectivity index (χ2n) is 5.79. The van der Waals surface area contributed by atoms with Gasteiger partial charge in [-0.2, -0.15) is 0 Å². The Morgan fingerprint density at radius 1 is 0.920 bits per heavy atom. The maximum Gasteiger partial charge on any atom is 0.224 e. The van der Waals surface area contributed by atoms with Crippen molar-refractivity contribution in [2.45, 2.75) is 20.3 Å². The molecule has 0 aliphatic rings. The minimum Gasteiger partial charge on any atom is -0.354 e. The number of nitrogens with one attached hydrogen (secondary N) is 1. The SMILES string of the molecule is CC(=O)c1ccc(N(CCNC(=O)Cc2ccccc2)C(C)=O)cc1. The molecule has 0 aliphatic carbocycles. The second-order valence-corrected chi connectivity index (χ2v) is 5.79. The van der Waals surface area contributed by atoms with Crippen molar-refractivity contribution in [3.05, 3.63) is 65.7 Å². The molecule has 2 amide bonds. The van der Waals surface area contributed by atoms with Gasteiger partial charge < -0.3 is 10.2 Å². The number of benzene rings is 2. The number of carbonyl (C=O) groups excluding carboxylic acids is 3. The Kier molecular flexibility index (Phi) is 6.46. The molecular weight excluding hydrogens is 316 g/mol. The maximum absolute atomic E-state index is 12.0. The third-order valence-electron chi connectivity index (χ3n) is 3.83. The summed E-state index contributed by atoms with van der Waals surface area (Å²) in [6.45, 7) is 3.71. The van der Waals surface area contributed by atoms with Gasteiger partial charge in [-0.05, 0) is 36.8 Å². The first-order valence-corrected chi connectivity index (χ1v) is 8.17. The van der Waals surface area contributed by atoms with E-state index in [4.69, 9.17) is 0 Å². The van der Waals surface area contributed by atoms with Crippen LogP contribution in [0.4, 0.5) is 5.69 Å². The van der Waals surface area contributed by atoms with Crippen LogP contribution in [0.2, 0.25) is 0 Å². The van der Waals surface area contributed by atoms with Gasteiger partial charge in [-0.15, -0.1) is 0 Å². The number of carbonyl (C=O) groups is 3. The lowest BCUT2D eigenvalue weighted by Gasteiger charge is -2.21. The number of Topliss-reactive ketones (excluding diaryl/α,β-unsaturated/α-hetero) is 1. The fourth-order valence-corrected chi connectivity index (χ4v) is 2.50. The summed E-state index contributed by atoms with van der Waals surface area (Å²) in [5.41, 5.74) is 2.25. The Morgan fingerprint density at radius 2 is 1.56 bits per heavy atom. The van der Waals surface area contributed by atoms with E-state index in [2.05, 4.69) is 5.32 Å². The van der Waals surface area contributed by atoms with Crippen molar-refractivity contribution in [3.8, 4) is 0 Å². The van der Waals surface area contributed by atoms with Crippen LogP contribution in [0.25, 0.3) is 0 Å². The number of amides is 2. The Balaban J connectivity index is 1.90. The van der Waals surface area contributed by atoms with Crippen molar-refractivity contribution in [1.82, 2.24) is 5.32 Å². The lowest BCUT2D eigenvalue weighted by molar-refractivity contribution is -0.121. The van der Waals surface area contributed by atoms with Crippen molar-refractivity contribution in [2.24, 2.45) is 0 Å². The minimum absolute atomic E-state index is 0.0194. The van der Waals surface area contributed by atoms with Gasteiger partial charge in [-0.25, -0.2) is 0 Å². The molecule has 5 heteroatoms. The summed E-state index contributed by atoms with van der Waals surface area (Å²) in [5, 5.41) is 2.83. The molecule has 0 heterocycles. The fourth-order valence-electron chi connectivity index (χ4n) is 2.50. The standard InChI is InChI=1S/C20H22N2O3/c1-15(23)18-8-10-19(11-9-18)22(16(2)24)13-12-21-20(25)14-17-6-4-3-5-7-17/h3-11H,12-14H2,1-2H3,(H,21,25). The summed E-state index contributed by atoms with van der Waals surface area (Å²) >= 11 is 0. The van der Waals surface area contributed by atoms with Gasteiger partial charge in [0.1, 0.15) is 0 Å². The van der Waals surface area contributed by atoms with Crippen LogP contribution in [0.5, 0.6) is 0 Å². The molecule has 130 valence electrons. The molecule has 0 radical (unpaired) electrons. The van der Waals surface area contributed by atoms with Gasteiger partial charge in [0.15, 0.2) is 5.78 Å². The molecule has 1 N–H and O–H groups in total. The molecule has 5 nitrogen and oxygen atoms in total. The summed E-state index contributed by atoms with van der Waals surface area (Å²) in [6, 6.07) is 16.4. The van der Waals surface area contributed by atoms with E-state index in [9.17, 15) is 14.4 Å². The third kappa shape index (κ3) is 5.57. The lowest BCUT2D eigenvalue weighted by Crippen LogP contribution is -2.38. The number of hydrogen-bond donors (Lipinski definition) is 1. The fraction of sp³-hybridized carbons (Fsp3) is 0.250. The predicted molar refractivity (Wildman–Crippen MR) is 97.6 cm³/mol. The Hall–Kier alpha value is -2.95. The van der Waals surface area contributed by atoms with Crippen LogP contribution in [0.3, 0.4) is 0 Å². The van der Waals surface area contributed by atoms with Crippen molar-refractivity contribution >= 4 is 23.3 Å². The van der Waals surface area contributed by atoms with Crippen LogP contribution in [0, 0.1) is 0 Å². The van der Waals surface area contributed by atoms with Gasteiger partial charge in [-0.3, -0.25) is 14.4 Å². The molecule has 0 saturated heterocycles. The van der Waals surface area contributed by atoms with E-state index in [0.717, 1.165) is 5.56 Å². The predicted octanol–water partition coefficient (Wildman–Crippen LogP) is 2.60. The first kappa shape index (κ1) is 18.4. The number of rotatable bonds is 7. The molecular formula is C20H22N2O3. The second kappa shape index (κ2) is 8.78. The molecule has 2 aromatic carbocycles. The highest BCUT2D eigenvalue weighted by molar-refractivity contribution is 5.96. The maximum atomic E-state index is 12.0. The highest BCUT2D eigenvalue weighted by Gasteiger charge is 2.12. The van der Waals surface area contributed by atoms with Crippen molar-refractivity contribution < 1.29 is 14.4 Å². The molecule has 2 aromatic rings. The molecule has 0 spiro atoms. The largest absolute Gasteiger partial charge is 0.354 e. The average Bonchev–Trinajstić information content (AvgIpc) is 2.59. The van der Waals surface area contributed by atoms with Gasteiger partial charge in [0.05, 0.1) is 6.42 Å². The molecule has 0 aromatic heterocycles. The molecule has 2 rings (SSSR count). The topological polar surface area (TPSA) is 66.5 Å². The molecule has 0 unspecified atom stereocenters. The Morgan fingerprint density at radius 3 is 2.12 bits per heavy atom. The smallest absolute Gasteiger partial charge is 0.224 e. The monoisotopic (exact) mass is 338 g/mol. The zero-order valence-corrected chi connectivity index (χ0v) is 14.5. The molecule has 0 aliphatic heterocycles. The lowest BCUT2D eigenvalue weighted by atomic mass is 10.1. The van der Waals surface area contributed by atoms with E-state index < -0.39 is 0 Å². The molecule has 0 saturated carbocycles. The van der Waals surface area contributed by atoms with Crippen LogP contribution in [0.15, 0.2) is 54.6 Å². The number of anilines is 1. The zero-order chi connectivity index (χ0) is 18.2. The van der Waals surface area contributed by atoms with Crippen LogP contribution in [-0.2, 0) is 16.0 Å². The van der Waals surface area contributed by atoms with Crippen LogP contribution in [-0.4, -0.2) is 30.7 Å². The highest BCUT2D eigenvalue weighted by Crippen LogP contribution is 2.15.